The number of carbonyl (C=O) groups is 2. The van der Waals surface area contributed by atoms with Crippen molar-refractivity contribution in [3.05, 3.63) is 53.6 Å². The van der Waals surface area contributed by atoms with Crippen molar-refractivity contribution in [2.24, 2.45) is 18.9 Å². The van der Waals surface area contributed by atoms with Crippen molar-refractivity contribution in [2.45, 2.75) is 44.8 Å². The summed E-state index contributed by atoms with van der Waals surface area (Å²) >= 11 is 0. The molecule has 0 saturated carbocycles. The average Bonchev–Trinajstić information content (AvgIpc) is 3.61. The van der Waals surface area contributed by atoms with E-state index in [9.17, 15) is 9.59 Å². The van der Waals surface area contributed by atoms with Crippen molar-refractivity contribution in [2.75, 3.05) is 20.2 Å². The summed E-state index contributed by atoms with van der Waals surface area (Å²) in [5.74, 6) is 1.43. The molecule has 2 aliphatic heterocycles. The fourth-order valence-corrected chi connectivity index (χ4v) is 5.46. The Morgan fingerprint density at radius 2 is 1.89 bits per heavy atom. The molecule has 10 heteroatoms. The first kappa shape index (κ1) is 27.8. The van der Waals surface area contributed by atoms with Crippen LogP contribution in [0, 0.1) is 49.6 Å². The molecular formula is C27H34ArN6O3. The van der Waals surface area contributed by atoms with Crippen molar-refractivity contribution in [3.63, 3.8) is 0 Å². The van der Waals surface area contributed by atoms with Gasteiger partial charge in [0.25, 0.3) is 0 Å². The normalized spacial score (nSPS) is 23.2. The maximum atomic E-state index is 13.5. The standard InChI is InChI=1S/C27H34N6O3.Ar/c1-17-10-23(28-14-17)27(35)33-16-20(11-18-4-7-21(36-3)8-5-18)13-25(33)26(34)29-15-19-6-9-24-22(12-19)30-31-32(24)2;/h4-9,12,17,20,23,25,28H,10-11,13-16H2,1-3H3,(H,29,34);/t17?,20-,23-,25+;/m1./s1. The van der Waals surface area contributed by atoms with E-state index in [-0.39, 0.29) is 61.5 Å². The Kier molecular flexibility index (Phi) is 9.11. The van der Waals surface area contributed by atoms with Gasteiger partial charge in [-0.05, 0) is 73.0 Å². The van der Waals surface area contributed by atoms with Crippen LogP contribution in [0.2, 0.25) is 0 Å². The number of aryl methyl sites for hydroxylation is 1. The molecule has 1 aromatic heterocycles. The number of aromatic nitrogens is 3. The van der Waals surface area contributed by atoms with E-state index in [1.807, 2.05) is 42.3 Å². The number of carbonyl (C=O) groups excluding carboxylic acids is 2. The van der Waals surface area contributed by atoms with Crippen LogP contribution in [0.4, 0.5) is 0 Å². The third-order valence-corrected chi connectivity index (χ3v) is 7.45. The van der Waals surface area contributed by atoms with Crippen LogP contribution in [0.3, 0.4) is 0 Å². The second-order valence-electron chi connectivity index (χ2n) is 10.2. The van der Waals surface area contributed by atoms with Crippen molar-refractivity contribution >= 4 is 22.8 Å². The molecule has 1 unspecified atom stereocenters. The van der Waals surface area contributed by atoms with Crippen LogP contribution in [0.1, 0.15) is 30.9 Å². The van der Waals surface area contributed by atoms with E-state index in [1.165, 1.54) is 5.56 Å². The maximum absolute atomic E-state index is 13.5. The molecule has 3 heterocycles. The molecule has 37 heavy (non-hydrogen) atoms. The Hall–Kier alpha value is -2.20. The van der Waals surface area contributed by atoms with Gasteiger partial charge in [0.05, 0.1) is 18.7 Å². The number of nitrogens with one attached hydrogen (secondary N) is 2. The zero-order valence-electron chi connectivity index (χ0n) is 21.5. The van der Waals surface area contributed by atoms with E-state index in [2.05, 4.69) is 40.0 Å². The van der Waals surface area contributed by atoms with Crippen LogP contribution in [0.15, 0.2) is 42.5 Å². The topological polar surface area (TPSA) is 101 Å². The molecule has 3 aromatic rings. The van der Waals surface area contributed by atoms with Crippen LogP contribution >= 0.6 is 0 Å². The minimum Gasteiger partial charge on any atom is -0.497 e. The van der Waals surface area contributed by atoms with E-state index in [4.69, 9.17) is 4.74 Å². The number of hydrogen-bond donors (Lipinski definition) is 2. The molecule has 198 valence electrons. The molecule has 0 aliphatic carbocycles. The zero-order valence-corrected chi connectivity index (χ0v) is 22.2. The summed E-state index contributed by atoms with van der Waals surface area (Å²) in [5.41, 5.74) is 3.87. The number of amides is 2. The summed E-state index contributed by atoms with van der Waals surface area (Å²) in [7, 11) is 3.51. The Balaban J connectivity index is 0.00000320. The van der Waals surface area contributed by atoms with Crippen LogP contribution in [-0.2, 0) is 29.6 Å². The second-order valence-corrected chi connectivity index (χ2v) is 10.2. The number of nitrogens with zero attached hydrogens (tertiary/aromatic N) is 4. The molecule has 2 aromatic carbocycles. The summed E-state index contributed by atoms with van der Waals surface area (Å²) < 4.78 is 6.99. The predicted molar refractivity (Wildman–Crippen MR) is 136 cm³/mol. The van der Waals surface area contributed by atoms with Gasteiger partial charge in [-0.15, -0.1) is 5.10 Å². The van der Waals surface area contributed by atoms with Crippen LogP contribution in [0.25, 0.3) is 11.0 Å². The summed E-state index contributed by atoms with van der Waals surface area (Å²) in [6.07, 6.45) is 2.27. The van der Waals surface area contributed by atoms with E-state index >= 15 is 0 Å². The van der Waals surface area contributed by atoms with Crippen molar-refractivity contribution in [1.29, 1.82) is 0 Å². The van der Waals surface area contributed by atoms with Gasteiger partial charge in [-0.25, -0.2) is 4.68 Å². The maximum Gasteiger partial charge on any atom is 0.243 e. The predicted octanol–water partition coefficient (Wildman–Crippen LogP) is 2.05. The van der Waals surface area contributed by atoms with Gasteiger partial charge in [-0.3, -0.25) is 9.59 Å². The molecule has 2 N–H and O–H groups in total. The summed E-state index contributed by atoms with van der Waals surface area (Å²) in [6, 6.07) is 13.2. The summed E-state index contributed by atoms with van der Waals surface area (Å²) in [5, 5.41) is 14.6. The fourth-order valence-electron chi connectivity index (χ4n) is 5.46. The molecule has 0 radical (unpaired) electrons. The van der Waals surface area contributed by atoms with E-state index in [0.717, 1.165) is 41.7 Å². The minimum atomic E-state index is -0.473. The van der Waals surface area contributed by atoms with Gasteiger partial charge in [0.2, 0.25) is 11.8 Å². The Labute approximate surface area is 247 Å². The van der Waals surface area contributed by atoms with Gasteiger partial charge < -0.3 is 20.3 Å². The van der Waals surface area contributed by atoms with Gasteiger partial charge in [-0.2, -0.15) is 0 Å². The molecule has 9 nitrogen and oxygen atoms in total. The van der Waals surface area contributed by atoms with Crippen LogP contribution in [0.5, 0.6) is 5.75 Å². The number of benzene rings is 2. The van der Waals surface area contributed by atoms with Crippen LogP contribution < -0.4 is 15.4 Å². The minimum absolute atomic E-state index is 0. The van der Waals surface area contributed by atoms with E-state index in [1.54, 1.807) is 11.8 Å². The van der Waals surface area contributed by atoms with Gasteiger partial charge in [-0.1, -0.05) is 30.3 Å². The number of hydrogen-bond acceptors (Lipinski definition) is 6. The summed E-state index contributed by atoms with van der Waals surface area (Å²) in [4.78, 5) is 28.7. The molecule has 0 bridgehead atoms. The van der Waals surface area contributed by atoms with Crippen LogP contribution in [-0.4, -0.2) is 64.0 Å². The first-order valence-electron chi connectivity index (χ1n) is 12.6. The molecule has 2 amide bonds. The molecule has 2 aliphatic rings. The molecule has 5 rings (SSSR count). The molecule has 0 spiro atoms. The zero-order chi connectivity index (χ0) is 25.2. The Bertz CT molecular complexity index is 1250. The molecule has 2 saturated heterocycles. The number of fused-ring (bicyclic) bond motifs is 1. The molecule has 4 atom stereocenters. The first-order chi connectivity index (χ1) is 17.4. The SMILES string of the molecule is COc1ccc(C[C@@H]2C[C@@H](C(=O)NCc3ccc4c(c3)nnn4C)N(C(=O)[C@H]3CC(C)CN3)C2)cc1.[Ar]. The van der Waals surface area contributed by atoms with Gasteiger partial charge in [0, 0.05) is 57.9 Å². The number of rotatable bonds is 7. The molecule has 2 fully saturated rings. The Morgan fingerprint density at radius 3 is 2.59 bits per heavy atom. The largest absolute Gasteiger partial charge is 0.497 e. The molecular weight excluding hydrogens is 496 g/mol. The first-order valence-corrected chi connectivity index (χ1v) is 12.6. The third kappa shape index (κ3) is 6.28. The number of likely N-dealkylation sites (tertiary alicyclic amines) is 1. The monoisotopic (exact) mass is 530 g/mol. The van der Waals surface area contributed by atoms with E-state index in [0.29, 0.717) is 25.4 Å². The van der Waals surface area contributed by atoms with Crippen molar-refractivity contribution in [3.8, 4) is 5.75 Å². The van der Waals surface area contributed by atoms with Gasteiger partial charge in [0.15, 0.2) is 0 Å². The van der Waals surface area contributed by atoms with Gasteiger partial charge in [0.1, 0.15) is 17.3 Å². The average molecular weight is 531 g/mol. The van der Waals surface area contributed by atoms with E-state index < -0.39 is 6.04 Å². The smallest absolute Gasteiger partial charge is 0.243 e. The van der Waals surface area contributed by atoms with Crippen molar-refractivity contribution in [1.82, 2.24) is 30.5 Å². The quantitative estimate of drug-likeness (QED) is 0.485. The van der Waals surface area contributed by atoms with Crippen molar-refractivity contribution < 1.29 is 52.1 Å². The Morgan fingerprint density at radius 1 is 1.14 bits per heavy atom. The second kappa shape index (κ2) is 12.1. The number of ether oxygens (including phenoxy) is 1. The third-order valence-electron chi connectivity index (χ3n) is 7.45. The fraction of sp³-hybridized carbons (Fsp3) is 0.481. The van der Waals surface area contributed by atoms with Gasteiger partial charge >= 0.3 is 0 Å². The number of methoxy groups -OCH3 is 1. The summed E-state index contributed by atoms with van der Waals surface area (Å²) in [6.45, 7) is 3.95.